The predicted molar refractivity (Wildman–Crippen MR) is 273 cm³/mol. The maximum atomic E-state index is 14.9. The van der Waals surface area contributed by atoms with Crippen molar-refractivity contribution in [2.75, 3.05) is 46.9 Å². The number of hydrogen-bond donors (Lipinski definition) is 6. The highest BCUT2D eigenvalue weighted by Gasteiger charge is 2.54. The number of esters is 1. The molecule has 2 amide bonds. The van der Waals surface area contributed by atoms with E-state index < -0.39 is 101 Å². The number of rotatable bonds is 7. The zero-order valence-electron chi connectivity index (χ0n) is 42.5. The molecule has 388 valence electrons. The Labute approximate surface area is 429 Å². The SMILES string of the molecule is CO[C@H]1/C=C/O[C@@]2(C)Oc3c(C)c(O)c4c(c3C2=O)C2=NC3(CCN(CC(C)I)CC3)NC2=C(NC(=O)/C(C)=C\C=C\[C@H](C)[C@H](O)[C@@H](C)[C@@H](O)[C@@H](C)[C@H](OC(=O)CC(=O)NC2CCN(C)CC2)[C@@H]1C)C4=O. The molecule has 5 bridgehead atoms. The number of hydrogen-bond acceptors (Lipinski definition) is 16. The molecule has 71 heavy (non-hydrogen) atoms. The van der Waals surface area contributed by atoms with Crippen LogP contribution < -0.4 is 20.7 Å². The quantitative estimate of drug-likeness (QED) is 0.0963. The number of fused-ring (bicyclic) bond motifs is 13. The van der Waals surface area contributed by atoms with Gasteiger partial charge in [-0.25, -0.2) is 0 Å². The van der Waals surface area contributed by atoms with E-state index in [1.807, 2.05) is 7.05 Å². The number of alkyl halides is 1. The van der Waals surface area contributed by atoms with Crippen molar-refractivity contribution in [1.29, 1.82) is 0 Å². The Morgan fingerprint density at radius 2 is 1.65 bits per heavy atom. The third-order valence-electron chi connectivity index (χ3n) is 15.2. The van der Waals surface area contributed by atoms with Gasteiger partial charge in [-0.15, -0.1) is 0 Å². The summed E-state index contributed by atoms with van der Waals surface area (Å²) in [7, 11) is 3.45. The summed E-state index contributed by atoms with van der Waals surface area (Å²) in [5.74, 6) is -8.59. The standard InChI is InChI=1S/C52H71IN6O12/c1-26-12-11-13-27(2)50(67)55-42-41-40(56-52(57-41)17-21-59(22-18-52)25-28(3)53)37-38(46(42)65)45(64)32(7)48-39(37)49(66)51(8,71-48)69-23-16-34(68-10)29(4)47(31(6)44(63)30(5)43(26)62)70-36(61)24-35(60)54-33-14-19-58(9)20-15-33/h11-13,16,23,26,28-31,33-34,43-44,47,57,62-64H,14-15,17-22,24-25H2,1-10H3,(H,54,60)(H,55,67)/b12-11+,23-16+,27-13-/t26-,28?,29+,30+,31+,34-,43-,44+,47+,51-/m0/s1. The molecule has 0 radical (unpaired) electrons. The second-order valence-corrected chi connectivity index (χ2v) is 22.7. The molecule has 2 fully saturated rings. The smallest absolute Gasteiger partial charge is 0.315 e. The van der Waals surface area contributed by atoms with Crippen molar-refractivity contribution in [3.05, 3.63) is 69.8 Å². The van der Waals surface area contributed by atoms with Gasteiger partial charge < -0.3 is 60.0 Å². The molecule has 6 N–H and O–H groups in total. The minimum absolute atomic E-state index is 0.00391. The first-order valence-electron chi connectivity index (χ1n) is 24.7. The number of benzene rings is 1. The van der Waals surface area contributed by atoms with Gasteiger partial charge in [0.25, 0.3) is 11.7 Å². The number of phenols is 1. The number of methoxy groups -OCH3 is 1. The number of phenolic OH excluding ortho intramolecular Hbond substituents is 1. The van der Waals surface area contributed by atoms with Gasteiger partial charge >= 0.3 is 11.8 Å². The highest BCUT2D eigenvalue weighted by atomic mass is 127. The van der Waals surface area contributed by atoms with Crippen molar-refractivity contribution < 1.29 is 58.2 Å². The van der Waals surface area contributed by atoms with Gasteiger partial charge in [0, 0.05) is 96.8 Å². The lowest BCUT2D eigenvalue weighted by Gasteiger charge is -2.38. The Kier molecular flexibility index (Phi) is 16.6. The first-order chi connectivity index (χ1) is 33.5. The second-order valence-electron chi connectivity index (χ2n) is 20.6. The van der Waals surface area contributed by atoms with E-state index in [1.54, 1.807) is 52.8 Å². The number of amides is 2. The van der Waals surface area contributed by atoms with Crippen LogP contribution in [0, 0.1) is 30.6 Å². The fraction of sp³-hybridized carbons (Fsp3) is 0.615. The third-order valence-corrected chi connectivity index (χ3v) is 15.6. The average Bonchev–Trinajstić information content (AvgIpc) is 3.83. The van der Waals surface area contributed by atoms with Gasteiger partial charge in [0.05, 0.1) is 47.1 Å². The second kappa shape index (κ2) is 21.8. The number of likely N-dealkylation sites (tertiary alicyclic amines) is 2. The molecule has 6 aliphatic heterocycles. The first kappa shape index (κ1) is 54.1. The number of carbonyl (C=O) groups excluding carboxylic acids is 5. The number of nitrogens with zero attached hydrogens (tertiary/aromatic N) is 3. The van der Waals surface area contributed by atoms with Crippen LogP contribution >= 0.6 is 22.6 Å². The summed E-state index contributed by atoms with van der Waals surface area (Å²) in [6, 6.07) is -0.0741. The van der Waals surface area contributed by atoms with Crippen molar-refractivity contribution in [2.24, 2.45) is 28.7 Å². The molecule has 0 saturated carbocycles. The summed E-state index contributed by atoms with van der Waals surface area (Å²) in [5, 5.41) is 44.7. The van der Waals surface area contributed by atoms with Crippen LogP contribution in [0.15, 0.2) is 52.5 Å². The van der Waals surface area contributed by atoms with Crippen molar-refractivity contribution in [2.45, 2.75) is 133 Å². The number of Topliss-reactive ketones (excluding diaryl/α,β-unsaturated/α-hetero) is 2. The molecule has 2 saturated heterocycles. The van der Waals surface area contributed by atoms with Gasteiger partial charge in [0.15, 0.2) is 0 Å². The Morgan fingerprint density at radius 1 is 0.972 bits per heavy atom. The van der Waals surface area contributed by atoms with Crippen LogP contribution in [0.25, 0.3) is 0 Å². The molecule has 1 aromatic carbocycles. The van der Waals surface area contributed by atoms with Crippen molar-refractivity contribution in [1.82, 2.24) is 25.8 Å². The molecular weight excluding hydrogens is 1030 g/mol. The van der Waals surface area contributed by atoms with E-state index in [-0.39, 0.29) is 56.7 Å². The number of aromatic hydroxyl groups is 1. The molecule has 1 unspecified atom stereocenters. The number of halogens is 1. The monoisotopic (exact) mass is 1100 g/mol. The largest absolute Gasteiger partial charge is 0.507 e. The average molecular weight is 1100 g/mol. The molecule has 8 rings (SSSR count). The van der Waals surface area contributed by atoms with Crippen molar-refractivity contribution in [3.8, 4) is 11.5 Å². The van der Waals surface area contributed by atoms with E-state index in [0.717, 1.165) is 32.5 Å². The minimum Gasteiger partial charge on any atom is -0.507 e. The van der Waals surface area contributed by atoms with Crippen LogP contribution in [0.2, 0.25) is 0 Å². The Hall–Kier alpha value is -4.67. The van der Waals surface area contributed by atoms with Gasteiger partial charge in [0.2, 0.25) is 11.7 Å². The summed E-state index contributed by atoms with van der Waals surface area (Å²) in [5.41, 5.74) is -0.397. The normalized spacial score (nSPS) is 32.9. The van der Waals surface area contributed by atoms with Crippen molar-refractivity contribution >= 4 is 57.7 Å². The van der Waals surface area contributed by atoms with E-state index >= 15 is 0 Å². The number of aliphatic hydroxyl groups is 2. The first-order valence-corrected chi connectivity index (χ1v) is 26.0. The lowest BCUT2D eigenvalue weighted by atomic mass is 9.78. The lowest BCUT2D eigenvalue weighted by Crippen LogP contribution is -2.51. The van der Waals surface area contributed by atoms with Crippen molar-refractivity contribution in [3.63, 3.8) is 0 Å². The predicted octanol–water partition coefficient (Wildman–Crippen LogP) is 4.36. The van der Waals surface area contributed by atoms with Gasteiger partial charge in [-0.2, -0.15) is 0 Å². The molecule has 1 spiro atoms. The van der Waals surface area contributed by atoms with Gasteiger partial charge in [-0.3, -0.25) is 29.0 Å². The molecule has 7 aliphatic rings. The fourth-order valence-corrected chi connectivity index (χ4v) is 11.2. The number of ether oxygens (including phenoxy) is 4. The summed E-state index contributed by atoms with van der Waals surface area (Å²) >= 11 is 2.40. The van der Waals surface area contributed by atoms with E-state index in [1.165, 1.54) is 33.3 Å². The zero-order chi connectivity index (χ0) is 51.9. The Morgan fingerprint density at radius 3 is 2.30 bits per heavy atom. The lowest BCUT2D eigenvalue weighted by molar-refractivity contribution is -0.164. The fourth-order valence-electron chi connectivity index (χ4n) is 10.7. The molecule has 1 aromatic rings. The van der Waals surface area contributed by atoms with E-state index in [9.17, 15) is 39.3 Å². The molecule has 19 heteroatoms. The summed E-state index contributed by atoms with van der Waals surface area (Å²) in [6.07, 6.45) is 5.36. The van der Waals surface area contributed by atoms with Crippen LogP contribution in [0.5, 0.6) is 11.5 Å². The van der Waals surface area contributed by atoms with Crippen LogP contribution in [-0.4, -0.2) is 153 Å². The number of allylic oxidation sites excluding steroid dienone is 4. The van der Waals surface area contributed by atoms with Gasteiger partial charge in [0.1, 0.15) is 35.4 Å². The number of carbonyl (C=O) groups is 5. The number of aliphatic hydroxyl groups excluding tert-OH is 2. The molecule has 10 atom stereocenters. The maximum absolute atomic E-state index is 14.9. The Bertz CT molecular complexity index is 2430. The summed E-state index contributed by atoms with van der Waals surface area (Å²) in [4.78, 5) is 80.3. The van der Waals surface area contributed by atoms with Crippen LogP contribution in [0.4, 0.5) is 0 Å². The van der Waals surface area contributed by atoms with Crippen LogP contribution in [-0.2, 0) is 28.6 Å². The topological polar surface area (TPSA) is 238 Å². The molecule has 18 nitrogen and oxygen atoms in total. The maximum Gasteiger partial charge on any atom is 0.315 e. The van der Waals surface area contributed by atoms with Crippen LogP contribution in [0.3, 0.4) is 0 Å². The molecule has 1 aliphatic carbocycles. The van der Waals surface area contributed by atoms with Gasteiger partial charge in [-0.05, 0) is 52.9 Å². The van der Waals surface area contributed by atoms with Gasteiger partial charge in [-0.1, -0.05) is 75.4 Å². The molecule has 0 aromatic heterocycles. The number of aliphatic imine (C=N–C) groups is 1. The third kappa shape index (κ3) is 11.1. The van der Waals surface area contributed by atoms with E-state index in [4.69, 9.17) is 23.9 Å². The molecule has 6 heterocycles. The summed E-state index contributed by atoms with van der Waals surface area (Å²) < 4.78 is 24.9. The zero-order valence-corrected chi connectivity index (χ0v) is 44.6. The Balaban J connectivity index is 1.27. The number of ketones is 2. The minimum atomic E-state index is -2.03. The highest BCUT2D eigenvalue weighted by molar-refractivity contribution is 14.1. The van der Waals surface area contributed by atoms with E-state index in [2.05, 4.69) is 55.3 Å². The summed E-state index contributed by atoms with van der Waals surface area (Å²) in [6.45, 7) is 17.5. The highest BCUT2D eigenvalue weighted by Crippen LogP contribution is 2.50. The van der Waals surface area contributed by atoms with Crippen LogP contribution in [0.1, 0.15) is 112 Å². The number of nitrogens with one attached hydrogen (secondary N) is 3. The number of piperidine rings is 2. The molecular formula is C52H71IN6O12. The van der Waals surface area contributed by atoms with E-state index in [0.29, 0.717) is 29.9 Å².